The quantitative estimate of drug-likeness (QED) is 0.859. The maximum atomic E-state index is 14.0. The number of nitrogens with one attached hydrogen (secondary N) is 1. The van der Waals surface area contributed by atoms with Gasteiger partial charge in [-0.15, -0.1) is 0 Å². The molecule has 0 unspecified atom stereocenters. The molecule has 1 N–H and O–H groups in total. The van der Waals surface area contributed by atoms with Crippen molar-refractivity contribution in [1.29, 1.82) is 0 Å². The molecule has 1 aliphatic carbocycles. The summed E-state index contributed by atoms with van der Waals surface area (Å²) in [6.45, 7) is 0.315. The second kappa shape index (κ2) is 6.27. The number of hydrogen-bond acceptors (Lipinski definition) is 3. The predicted molar refractivity (Wildman–Crippen MR) is 73.7 cm³/mol. The standard InChI is InChI=1S/C13H14ClF2NO3S/c14-21(19,20)10-6-5-9(15)11(12(10)16)13(18)17-7-8-3-1-2-4-8/h5-6,8H,1-4,7H2,(H,17,18). The highest BCUT2D eigenvalue weighted by Gasteiger charge is 2.26. The second-order valence-electron chi connectivity index (χ2n) is 5.03. The van der Waals surface area contributed by atoms with Crippen LogP contribution in [-0.2, 0) is 9.05 Å². The molecule has 116 valence electrons. The highest BCUT2D eigenvalue weighted by atomic mass is 35.7. The molecule has 1 aromatic carbocycles. The average molecular weight is 338 g/mol. The smallest absolute Gasteiger partial charge is 0.264 e. The van der Waals surface area contributed by atoms with Crippen LogP contribution in [-0.4, -0.2) is 20.9 Å². The van der Waals surface area contributed by atoms with E-state index in [9.17, 15) is 22.0 Å². The molecule has 8 heteroatoms. The molecule has 1 fully saturated rings. The minimum atomic E-state index is -4.39. The van der Waals surface area contributed by atoms with E-state index >= 15 is 0 Å². The van der Waals surface area contributed by atoms with E-state index in [1.54, 1.807) is 0 Å². The monoisotopic (exact) mass is 337 g/mol. The molecule has 0 bridgehead atoms. The average Bonchev–Trinajstić information content (AvgIpc) is 2.87. The van der Waals surface area contributed by atoms with E-state index in [0.29, 0.717) is 24.6 Å². The van der Waals surface area contributed by atoms with Crippen LogP contribution in [0.15, 0.2) is 17.0 Å². The number of hydrogen-bond donors (Lipinski definition) is 1. The molecule has 1 amide bonds. The SMILES string of the molecule is O=C(NCC1CCCC1)c1c(F)ccc(S(=O)(=O)Cl)c1F. The fourth-order valence-corrected chi connectivity index (χ4v) is 3.37. The van der Waals surface area contributed by atoms with Gasteiger partial charge in [-0.05, 0) is 30.9 Å². The van der Waals surface area contributed by atoms with Gasteiger partial charge in [0, 0.05) is 17.2 Å². The lowest BCUT2D eigenvalue weighted by atomic mass is 10.1. The largest absolute Gasteiger partial charge is 0.352 e. The first-order chi connectivity index (χ1) is 9.80. The van der Waals surface area contributed by atoms with E-state index in [2.05, 4.69) is 5.32 Å². The molecule has 0 heterocycles. The van der Waals surface area contributed by atoms with Gasteiger partial charge in [-0.3, -0.25) is 4.79 Å². The van der Waals surface area contributed by atoms with Gasteiger partial charge in [0.1, 0.15) is 16.3 Å². The number of benzene rings is 1. The third kappa shape index (κ3) is 3.71. The molecule has 0 spiro atoms. The first kappa shape index (κ1) is 16.2. The van der Waals surface area contributed by atoms with Gasteiger partial charge in [0.2, 0.25) is 0 Å². The number of amides is 1. The predicted octanol–water partition coefficient (Wildman–Crippen LogP) is 2.81. The zero-order valence-corrected chi connectivity index (χ0v) is 12.6. The van der Waals surface area contributed by atoms with Crippen molar-refractivity contribution >= 4 is 25.6 Å². The Morgan fingerprint density at radius 1 is 1.29 bits per heavy atom. The van der Waals surface area contributed by atoms with Crippen LogP contribution in [0.3, 0.4) is 0 Å². The van der Waals surface area contributed by atoms with Crippen molar-refractivity contribution in [3.05, 3.63) is 29.3 Å². The maximum Gasteiger partial charge on any atom is 0.264 e. The number of carbonyl (C=O) groups excluding carboxylic acids is 1. The lowest BCUT2D eigenvalue weighted by Crippen LogP contribution is -2.30. The van der Waals surface area contributed by atoms with Gasteiger partial charge in [0.15, 0.2) is 5.82 Å². The normalized spacial score (nSPS) is 16.1. The van der Waals surface area contributed by atoms with Gasteiger partial charge in [-0.1, -0.05) is 12.8 Å². The number of rotatable bonds is 4. The molecule has 1 aliphatic rings. The first-order valence-electron chi connectivity index (χ1n) is 6.51. The Kier molecular flexibility index (Phi) is 4.83. The first-order valence-corrected chi connectivity index (χ1v) is 8.82. The van der Waals surface area contributed by atoms with Crippen LogP contribution in [0.2, 0.25) is 0 Å². The van der Waals surface area contributed by atoms with Crippen molar-refractivity contribution in [3.63, 3.8) is 0 Å². The Morgan fingerprint density at radius 3 is 2.48 bits per heavy atom. The van der Waals surface area contributed by atoms with Crippen molar-refractivity contribution in [2.24, 2.45) is 5.92 Å². The van der Waals surface area contributed by atoms with Crippen LogP contribution in [0.1, 0.15) is 36.0 Å². The van der Waals surface area contributed by atoms with Gasteiger partial charge in [0.05, 0.1) is 0 Å². The van der Waals surface area contributed by atoms with E-state index < -0.39 is 37.1 Å². The third-order valence-electron chi connectivity index (χ3n) is 3.57. The van der Waals surface area contributed by atoms with Gasteiger partial charge >= 0.3 is 0 Å². The molecule has 1 saturated carbocycles. The highest BCUT2D eigenvalue weighted by Crippen LogP contribution is 2.25. The van der Waals surface area contributed by atoms with Crippen LogP contribution in [0.5, 0.6) is 0 Å². The molecule has 0 aromatic heterocycles. The molecule has 0 saturated heterocycles. The summed E-state index contributed by atoms with van der Waals surface area (Å²) < 4.78 is 50.0. The molecule has 0 aliphatic heterocycles. The van der Waals surface area contributed by atoms with E-state index in [1.807, 2.05) is 0 Å². The summed E-state index contributed by atoms with van der Waals surface area (Å²) in [7, 11) is 0.665. The Balaban J connectivity index is 2.23. The maximum absolute atomic E-state index is 14.0. The van der Waals surface area contributed by atoms with Crippen LogP contribution in [0.25, 0.3) is 0 Å². The zero-order valence-electron chi connectivity index (χ0n) is 11.0. The van der Waals surface area contributed by atoms with Gasteiger partial charge in [0.25, 0.3) is 15.0 Å². The van der Waals surface area contributed by atoms with Crippen LogP contribution in [0, 0.1) is 17.6 Å². The van der Waals surface area contributed by atoms with Crippen molar-refractivity contribution in [3.8, 4) is 0 Å². The summed E-state index contributed by atoms with van der Waals surface area (Å²) in [6, 6.07) is 1.41. The molecule has 0 atom stereocenters. The summed E-state index contributed by atoms with van der Waals surface area (Å²) in [5.74, 6) is -3.27. The van der Waals surface area contributed by atoms with Crippen molar-refractivity contribution in [2.45, 2.75) is 30.6 Å². The summed E-state index contributed by atoms with van der Waals surface area (Å²) in [4.78, 5) is 11.0. The molecule has 1 aromatic rings. The Labute approximate surface area is 125 Å². The van der Waals surface area contributed by atoms with Gasteiger partial charge < -0.3 is 5.32 Å². The lowest BCUT2D eigenvalue weighted by Gasteiger charge is -2.12. The fourth-order valence-electron chi connectivity index (χ4n) is 2.47. The summed E-state index contributed by atoms with van der Waals surface area (Å²) in [5.41, 5.74) is -0.922. The minimum absolute atomic E-state index is 0.292. The van der Waals surface area contributed by atoms with Gasteiger partial charge in [-0.25, -0.2) is 17.2 Å². The minimum Gasteiger partial charge on any atom is -0.352 e. The van der Waals surface area contributed by atoms with Gasteiger partial charge in [-0.2, -0.15) is 0 Å². The van der Waals surface area contributed by atoms with Crippen molar-refractivity contribution < 1.29 is 22.0 Å². The summed E-state index contributed by atoms with van der Waals surface area (Å²) in [5, 5.41) is 2.44. The fraction of sp³-hybridized carbons (Fsp3) is 0.462. The van der Waals surface area contributed by atoms with Crippen molar-refractivity contribution in [1.82, 2.24) is 5.32 Å². The van der Waals surface area contributed by atoms with E-state index in [0.717, 1.165) is 25.7 Å². The molecule has 21 heavy (non-hydrogen) atoms. The van der Waals surface area contributed by atoms with E-state index in [4.69, 9.17) is 10.7 Å². The molecular formula is C13H14ClF2NO3S. The summed E-state index contributed by atoms with van der Waals surface area (Å²) >= 11 is 0. The topological polar surface area (TPSA) is 63.2 Å². The van der Waals surface area contributed by atoms with Crippen LogP contribution < -0.4 is 5.32 Å². The zero-order chi connectivity index (χ0) is 15.6. The third-order valence-corrected chi connectivity index (χ3v) is 4.91. The number of carbonyl (C=O) groups is 1. The number of halogens is 3. The molecular weight excluding hydrogens is 324 g/mol. The molecule has 2 rings (SSSR count). The van der Waals surface area contributed by atoms with Crippen molar-refractivity contribution in [2.75, 3.05) is 6.54 Å². The molecule has 4 nitrogen and oxygen atoms in total. The lowest BCUT2D eigenvalue weighted by molar-refractivity contribution is 0.0938. The Morgan fingerprint density at radius 2 is 1.90 bits per heavy atom. The van der Waals surface area contributed by atoms with E-state index in [-0.39, 0.29) is 0 Å². The second-order valence-corrected chi connectivity index (χ2v) is 7.57. The van der Waals surface area contributed by atoms with E-state index in [1.165, 1.54) is 0 Å². The Bertz CT molecular complexity index is 658. The van der Waals surface area contributed by atoms with Crippen LogP contribution >= 0.6 is 10.7 Å². The highest BCUT2D eigenvalue weighted by molar-refractivity contribution is 8.13. The molecule has 0 radical (unpaired) electrons. The summed E-state index contributed by atoms with van der Waals surface area (Å²) in [6.07, 6.45) is 4.06. The van der Waals surface area contributed by atoms with Crippen LogP contribution in [0.4, 0.5) is 8.78 Å². The Hall–Kier alpha value is -1.21.